The van der Waals surface area contributed by atoms with Gasteiger partial charge >= 0.3 is 0 Å². The van der Waals surface area contributed by atoms with Gasteiger partial charge in [0.2, 0.25) is 5.91 Å². The van der Waals surface area contributed by atoms with Crippen molar-refractivity contribution >= 4 is 23.4 Å². The molecular weight excluding hydrogens is 264 g/mol. The Hall–Kier alpha value is -1.29. The van der Waals surface area contributed by atoms with Crippen LogP contribution in [0.2, 0.25) is 0 Å². The van der Waals surface area contributed by atoms with Gasteiger partial charge in [-0.2, -0.15) is 0 Å². The predicted octanol–water partition coefficient (Wildman–Crippen LogP) is 1.81. The fourth-order valence-electron chi connectivity index (χ4n) is 2.35. The molecule has 1 atom stereocenters. The van der Waals surface area contributed by atoms with Gasteiger partial charge in [0.05, 0.1) is 12.1 Å². The normalized spacial score (nSPS) is 22.8. The van der Waals surface area contributed by atoms with Gasteiger partial charge < -0.3 is 10.2 Å². The topological polar surface area (TPSA) is 49.4 Å². The van der Waals surface area contributed by atoms with Crippen molar-refractivity contribution in [3.05, 3.63) is 22.8 Å². The smallest absolute Gasteiger partial charge is 0.252 e. The fourth-order valence-corrected chi connectivity index (χ4v) is 2.59. The monoisotopic (exact) mass is 282 g/mol. The number of hydrogen-bond acceptors (Lipinski definition) is 2. The fraction of sp³-hybridized carbons (Fsp3) is 0.571. The second-order valence-electron chi connectivity index (χ2n) is 5.07. The van der Waals surface area contributed by atoms with E-state index in [0.717, 1.165) is 32.4 Å². The molecule has 1 aliphatic heterocycles. The molecule has 0 bridgehead atoms. The molecule has 0 spiro atoms. The lowest BCUT2D eigenvalue weighted by molar-refractivity contribution is -0.131. The molecule has 4 nitrogen and oxygen atoms in total. The Morgan fingerprint density at radius 2 is 2.11 bits per heavy atom. The lowest BCUT2D eigenvalue weighted by atomic mass is 9.97. The van der Waals surface area contributed by atoms with Crippen molar-refractivity contribution in [1.29, 1.82) is 0 Å². The van der Waals surface area contributed by atoms with Crippen LogP contribution >= 0.6 is 11.6 Å². The molecule has 0 aromatic carbocycles. The molecule has 1 N–H and O–H groups in total. The van der Waals surface area contributed by atoms with Crippen molar-refractivity contribution in [2.45, 2.75) is 26.2 Å². The van der Waals surface area contributed by atoms with E-state index in [2.05, 4.69) is 5.32 Å². The summed E-state index contributed by atoms with van der Waals surface area (Å²) in [6.07, 6.45) is 6.63. The van der Waals surface area contributed by atoms with Crippen molar-refractivity contribution in [3.8, 4) is 0 Å². The van der Waals surface area contributed by atoms with Crippen LogP contribution in [0, 0.1) is 5.92 Å². The SMILES string of the molecule is CC1CC=CC(C(=O)NCC(=O)N2CCCC2)=C1Cl. The summed E-state index contributed by atoms with van der Waals surface area (Å²) in [6, 6.07) is 0. The molecule has 0 radical (unpaired) electrons. The zero-order valence-electron chi connectivity index (χ0n) is 11.1. The molecule has 1 unspecified atom stereocenters. The second kappa shape index (κ2) is 6.24. The number of carbonyl (C=O) groups excluding carboxylic acids is 2. The Morgan fingerprint density at radius 1 is 1.42 bits per heavy atom. The number of nitrogens with one attached hydrogen (secondary N) is 1. The molecule has 1 fully saturated rings. The van der Waals surface area contributed by atoms with Crippen molar-refractivity contribution in [2.24, 2.45) is 5.92 Å². The van der Waals surface area contributed by atoms with Gasteiger partial charge in [0.15, 0.2) is 0 Å². The number of amides is 2. The average molecular weight is 283 g/mol. The first-order valence-corrected chi connectivity index (χ1v) is 7.09. The van der Waals surface area contributed by atoms with Crippen molar-refractivity contribution < 1.29 is 9.59 Å². The third-order valence-electron chi connectivity index (χ3n) is 3.57. The number of carbonyl (C=O) groups is 2. The molecule has 2 aliphatic rings. The van der Waals surface area contributed by atoms with E-state index >= 15 is 0 Å². The maximum absolute atomic E-state index is 12.0. The molecule has 19 heavy (non-hydrogen) atoms. The number of rotatable bonds is 3. The molecular formula is C14H19ClN2O2. The minimum absolute atomic E-state index is 0.0181. The Bertz CT molecular complexity index is 437. The molecule has 2 rings (SSSR count). The number of halogens is 1. The van der Waals surface area contributed by atoms with E-state index in [1.807, 2.05) is 13.0 Å². The van der Waals surface area contributed by atoms with E-state index in [9.17, 15) is 9.59 Å². The molecule has 1 aliphatic carbocycles. The van der Waals surface area contributed by atoms with Gasteiger partial charge in [-0.05, 0) is 25.2 Å². The molecule has 1 heterocycles. The van der Waals surface area contributed by atoms with Gasteiger partial charge in [-0.3, -0.25) is 9.59 Å². The highest BCUT2D eigenvalue weighted by Crippen LogP contribution is 2.28. The Morgan fingerprint density at radius 3 is 2.79 bits per heavy atom. The Kier molecular flexibility index (Phi) is 4.64. The van der Waals surface area contributed by atoms with Crippen LogP contribution in [0.4, 0.5) is 0 Å². The summed E-state index contributed by atoms with van der Waals surface area (Å²) in [4.78, 5) is 25.6. The first-order valence-electron chi connectivity index (χ1n) is 6.71. The maximum atomic E-state index is 12.0. The quantitative estimate of drug-likeness (QED) is 0.858. The van der Waals surface area contributed by atoms with Crippen LogP contribution in [0.5, 0.6) is 0 Å². The number of allylic oxidation sites excluding steroid dienone is 2. The number of hydrogen-bond donors (Lipinski definition) is 1. The number of likely N-dealkylation sites (tertiary alicyclic amines) is 1. The zero-order valence-corrected chi connectivity index (χ0v) is 11.9. The van der Waals surface area contributed by atoms with Gasteiger partial charge in [0.25, 0.3) is 5.91 Å². The summed E-state index contributed by atoms with van der Waals surface area (Å²) < 4.78 is 0. The van der Waals surface area contributed by atoms with Gasteiger partial charge in [-0.1, -0.05) is 30.7 Å². The van der Waals surface area contributed by atoms with E-state index < -0.39 is 0 Å². The average Bonchev–Trinajstić information content (AvgIpc) is 2.93. The molecule has 1 saturated heterocycles. The van der Waals surface area contributed by atoms with Crippen LogP contribution in [0.1, 0.15) is 26.2 Å². The van der Waals surface area contributed by atoms with Crippen LogP contribution in [-0.4, -0.2) is 36.3 Å². The molecule has 0 saturated carbocycles. The minimum Gasteiger partial charge on any atom is -0.343 e. The van der Waals surface area contributed by atoms with Crippen LogP contribution in [0.15, 0.2) is 22.8 Å². The molecule has 0 aromatic heterocycles. The largest absolute Gasteiger partial charge is 0.343 e. The first-order chi connectivity index (χ1) is 9.09. The lowest BCUT2D eigenvalue weighted by Gasteiger charge is -2.18. The maximum Gasteiger partial charge on any atom is 0.252 e. The highest BCUT2D eigenvalue weighted by atomic mass is 35.5. The highest BCUT2D eigenvalue weighted by molar-refractivity contribution is 6.32. The molecule has 2 amide bonds. The Labute approximate surface area is 118 Å². The standard InChI is InChI=1S/C14H19ClN2O2/c1-10-5-4-6-11(13(10)15)14(19)16-9-12(18)17-7-2-3-8-17/h4,6,10H,2-3,5,7-9H2,1H3,(H,16,19). The summed E-state index contributed by atoms with van der Waals surface area (Å²) in [5.74, 6) is -0.113. The summed E-state index contributed by atoms with van der Waals surface area (Å²) >= 11 is 6.14. The van der Waals surface area contributed by atoms with Gasteiger partial charge in [0.1, 0.15) is 0 Å². The third-order valence-corrected chi connectivity index (χ3v) is 4.14. The predicted molar refractivity (Wildman–Crippen MR) is 74.6 cm³/mol. The van der Waals surface area contributed by atoms with Crippen LogP contribution < -0.4 is 5.32 Å². The number of nitrogens with zero attached hydrogens (tertiary/aromatic N) is 1. The summed E-state index contributed by atoms with van der Waals surface area (Å²) in [7, 11) is 0. The Balaban J connectivity index is 1.89. The van der Waals surface area contributed by atoms with Crippen LogP contribution in [-0.2, 0) is 9.59 Å². The van der Waals surface area contributed by atoms with Crippen molar-refractivity contribution in [3.63, 3.8) is 0 Å². The van der Waals surface area contributed by atoms with Crippen molar-refractivity contribution in [1.82, 2.24) is 10.2 Å². The summed E-state index contributed by atoms with van der Waals surface area (Å²) in [5.41, 5.74) is 0.481. The zero-order chi connectivity index (χ0) is 13.8. The molecule has 104 valence electrons. The first kappa shape index (κ1) is 14.1. The highest BCUT2D eigenvalue weighted by Gasteiger charge is 2.21. The summed E-state index contributed by atoms with van der Waals surface area (Å²) in [5, 5.41) is 3.23. The second-order valence-corrected chi connectivity index (χ2v) is 5.48. The van der Waals surface area contributed by atoms with E-state index in [1.54, 1.807) is 11.0 Å². The minimum atomic E-state index is -0.264. The van der Waals surface area contributed by atoms with Gasteiger partial charge in [-0.25, -0.2) is 0 Å². The van der Waals surface area contributed by atoms with Crippen molar-refractivity contribution in [2.75, 3.05) is 19.6 Å². The lowest BCUT2D eigenvalue weighted by Crippen LogP contribution is -2.39. The van der Waals surface area contributed by atoms with E-state index in [4.69, 9.17) is 11.6 Å². The molecule has 5 heteroatoms. The van der Waals surface area contributed by atoms with Crippen LogP contribution in [0.3, 0.4) is 0 Å². The van der Waals surface area contributed by atoms with Gasteiger partial charge in [-0.15, -0.1) is 0 Å². The van der Waals surface area contributed by atoms with Crippen LogP contribution in [0.25, 0.3) is 0 Å². The van der Waals surface area contributed by atoms with E-state index in [0.29, 0.717) is 10.6 Å². The van der Waals surface area contributed by atoms with Gasteiger partial charge in [0, 0.05) is 18.1 Å². The van der Waals surface area contributed by atoms with E-state index in [1.165, 1.54) is 0 Å². The molecule has 0 aromatic rings. The van der Waals surface area contributed by atoms with E-state index in [-0.39, 0.29) is 24.3 Å². The third kappa shape index (κ3) is 3.38. The summed E-state index contributed by atoms with van der Waals surface area (Å²) in [6.45, 7) is 3.63.